The smallest absolute Gasteiger partial charge is 0.332 e. The van der Waals surface area contributed by atoms with Gasteiger partial charge >= 0.3 is 5.69 Å². The zero-order valence-electron chi connectivity index (χ0n) is 18.3. The Morgan fingerprint density at radius 3 is 1.83 bits per heavy atom. The van der Waals surface area contributed by atoms with Crippen LogP contribution >= 0.6 is 0 Å². The zero-order chi connectivity index (χ0) is 22.5. The van der Waals surface area contributed by atoms with Gasteiger partial charge in [0.25, 0.3) is 11.5 Å². The molecule has 8 nitrogen and oxygen atoms in total. The summed E-state index contributed by atoms with van der Waals surface area (Å²) in [7, 11) is 2.73. The van der Waals surface area contributed by atoms with Crippen molar-refractivity contribution in [1.29, 1.82) is 0 Å². The first-order chi connectivity index (χ1) is 13.1. The van der Waals surface area contributed by atoms with Crippen LogP contribution in [0.5, 0.6) is 5.75 Å². The van der Waals surface area contributed by atoms with Gasteiger partial charge in [0.1, 0.15) is 17.3 Å². The van der Waals surface area contributed by atoms with E-state index in [4.69, 9.17) is 5.73 Å². The van der Waals surface area contributed by atoms with Gasteiger partial charge in [0.15, 0.2) is 0 Å². The maximum Gasteiger partial charge on any atom is 0.332 e. The Hall–Kier alpha value is -3.03. The van der Waals surface area contributed by atoms with Crippen molar-refractivity contribution in [2.75, 3.05) is 11.1 Å². The molecule has 8 heteroatoms. The molecule has 0 radical (unpaired) electrons. The number of benzene rings is 1. The van der Waals surface area contributed by atoms with Crippen LogP contribution in [0.15, 0.2) is 21.7 Å². The number of anilines is 2. The van der Waals surface area contributed by atoms with Crippen LogP contribution in [0.4, 0.5) is 11.5 Å². The van der Waals surface area contributed by atoms with Crippen LogP contribution in [0.1, 0.15) is 63.0 Å². The van der Waals surface area contributed by atoms with Crippen molar-refractivity contribution in [3.8, 4) is 5.75 Å². The number of nitrogens with one attached hydrogen (secondary N) is 1. The van der Waals surface area contributed by atoms with Crippen LogP contribution in [0.3, 0.4) is 0 Å². The number of carbonyl (C=O) groups excluding carboxylic acids is 1. The van der Waals surface area contributed by atoms with Crippen LogP contribution in [0.2, 0.25) is 0 Å². The fourth-order valence-corrected chi connectivity index (χ4v) is 3.07. The summed E-state index contributed by atoms with van der Waals surface area (Å²) < 4.78 is 1.97. The molecule has 1 heterocycles. The number of phenols is 1. The molecule has 0 aliphatic heterocycles. The lowest BCUT2D eigenvalue weighted by atomic mass is 9.78. The lowest BCUT2D eigenvalue weighted by Crippen LogP contribution is -2.40. The molecule has 1 aromatic heterocycles. The quantitative estimate of drug-likeness (QED) is 0.711. The van der Waals surface area contributed by atoms with Crippen molar-refractivity contribution in [3.05, 3.63) is 49.7 Å². The van der Waals surface area contributed by atoms with E-state index in [0.29, 0.717) is 11.1 Å². The summed E-state index contributed by atoms with van der Waals surface area (Å²) in [6.45, 7) is 11.6. The second-order valence-electron chi connectivity index (χ2n) is 9.34. The van der Waals surface area contributed by atoms with Gasteiger partial charge in [0.2, 0.25) is 0 Å². The van der Waals surface area contributed by atoms with Gasteiger partial charge in [-0.05, 0) is 23.0 Å². The van der Waals surface area contributed by atoms with Crippen LogP contribution in [-0.4, -0.2) is 20.1 Å². The van der Waals surface area contributed by atoms with E-state index in [2.05, 4.69) is 5.32 Å². The minimum Gasteiger partial charge on any atom is -0.507 e. The number of rotatable bonds is 2. The van der Waals surface area contributed by atoms with Gasteiger partial charge in [-0.25, -0.2) is 4.79 Å². The first-order valence-electron chi connectivity index (χ1n) is 9.32. The molecule has 0 aliphatic rings. The minimum absolute atomic E-state index is 0.127. The summed E-state index contributed by atoms with van der Waals surface area (Å²) in [6, 6.07) is 3.23. The molecule has 2 rings (SSSR count). The molecule has 4 N–H and O–H groups in total. The van der Waals surface area contributed by atoms with Crippen LogP contribution < -0.4 is 22.3 Å². The Kier molecular flexibility index (Phi) is 5.45. The molecular weight excluding hydrogens is 372 g/mol. The summed E-state index contributed by atoms with van der Waals surface area (Å²) in [6.07, 6.45) is 0. The standard InChI is InChI=1S/C21H30N4O4/c1-20(2,3)12-9-11(10-13(15(12)26)21(4,5)6)17(27)23-14-16(22)24(7)19(29)25(8)18(14)28/h9-10,26H,22H2,1-8H3,(H,23,27). The Morgan fingerprint density at radius 2 is 1.41 bits per heavy atom. The third-order valence-corrected chi connectivity index (χ3v) is 4.94. The lowest BCUT2D eigenvalue weighted by Gasteiger charge is -2.28. The van der Waals surface area contributed by atoms with Gasteiger partial charge in [-0.2, -0.15) is 0 Å². The van der Waals surface area contributed by atoms with Crippen molar-refractivity contribution in [2.45, 2.75) is 52.4 Å². The largest absolute Gasteiger partial charge is 0.507 e. The minimum atomic E-state index is -0.690. The number of carbonyl (C=O) groups is 1. The molecule has 0 aliphatic carbocycles. The molecule has 2 aromatic rings. The molecule has 1 aromatic carbocycles. The predicted octanol–water partition coefficient (Wildman–Crippen LogP) is 2.22. The second-order valence-corrected chi connectivity index (χ2v) is 9.34. The van der Waals surface area contributed by atoms with Gasteiger partial charge in [-0.1, -0.05) is 41.5 Å². The number of nitrogens with two attached hydrogens (primary N) is 1. The van der Waals surface area contributed by atoms with Crippen molar-refractivity contribution < 1.29 is 9.90 Å². The monoisotopic (exact) mass is 402 g/mol. The number of phenolic OH excluding ortho intramolecular Hbond substituents is 1. The van der Waals surface area contributed by atoms with E-state index in [-0.39, 0.29) is 22.8 Å². The number of amides is 1. The number of nitrogens with zero attached hydrogens (tertiary/aromatic N) is 2. The van der Waals surface area contributed by atoms with E-state index >= 15 is 0 Å². The molecule has 158 valence electrons. The third kappa shape index (κ3) is 4.06. The van der Waals surface area contributed by atoms with E-state index < -0.39 is 28.0 Å². The average molecular weight is 402 g/mol. The van der Waals surface area contributed by atoms with Gasteiger partial charge in [-0.15, -0.1) is 0 Å². The summed E-state index contributed by atoms with van der Waals surface area (Å²) in [4.78, 5) is 37.4. The fraction of sp³-hybridized carbons (Fsp3) is 0.476. The highest BCUT2D eigenvalue weighted by molar-refractivity contribution is 6.05. The first kappa shape index (κ1) is 22.3. The number of hydrogen-bond donors (Lipinski definition) is 3. The SMILES string of the molecule is Cn1c(N)c(NC(=O)c2cc(C(C)(C)C)c(O)c(C(C)(C)C)c2)c(=O)n(C)c1=O. The van der Waals surface area contributed by atoms with E-state index in [1.54, 1.807) is 12.1 Å². The number of aromatic nitrogens is 2. The van der Waals surface area contributed by atoms with Crippen molar-refractivity contribution >= 4 is 17.4 Å². The van der Waals surface area contributed by atoms with Crippen LogP contribution in [0.25, 0.3) is 0 Å². The van der Waals surface area contributed by atoms with Gasteiger partial charge in [0, 0.05) is 30.8 Å². The van der Waals surface area contributed by atoms with E-state index in [9.17, 15) is 19.5 Å². The van der Waals surface area contributed by atoms with E-state index in [1.165, 1.54) is 14.1 Å². The molecule has 0 fully saturated rings. The Morgan fingerprint density at radius 1 is 0.966 bits per heavy atom. The first-order valence-corrected chi connectivity index (χ1v) is 9.32. The van der Waals surface area contributed by atoms with Gasteiger partial charge < -0.3 is 16.2 Å². The normalized spacial score (nSPS) is 12.1. The molecule has 0 saturated carbocycles. The molecular formula is C21H30N4O4. The molecule has 0 unspecified atom stereocenters. The fourth-order valence-electron chi connectivity index (χ4n) is 3.07. The molecule has 0 bridgehead atoms. The Labute approximate surface area is 170 Å². The summed E-state index contributed by atoms with van der Waals surface area (Å²) >= 11 is 0. The Bertz CT molecular complexity index is 1060. The topological polar surface area (TPSA) is 119 Å². The predicted molar refractivity (Wildman–Crippen MR) is 115 cm³/mol. The highest BCUT2D eigenvalue weighted by atomic mass is 16.3. The van der Waals surface area contributed by atoms with Crippen molar-refractivity contribution in [1.82, 2.24) is 9.13 Å². The molecule has 0 saturated heterocycles. The summed E-state index contributed by atoms with van der Waals surface area (Å²) in [5, 5.41) is 13.3. The van der Waals surface area contributed by atoms with Crippen LogP contribution in [0, 0.1) is 0 Å². The number of nitrogen functional groups attached to an aromatic ring is 1. The summed E-state index contributed by atoms with van der Waals surface area (Å²) in [5.74, 6) is -0.528. The number of hydrogen-bond acceptors (Lipinski definition) is 5. The molecule has 0 spiro atoms. The van der Waals surface area contributed by atoms with Gasteiger partial charge in [0.05, 0.1) is 0 Å². The van der Waals surface area contributed by atoms with E-state index in [1.807, 2.05) is 41.5 Å². The summed E-state index contributed by atoms with van der Waals surface area (Å²) in [5.41, 5.74) is 5.17. The maximum absolute atomic E-state index is 13.0. The van der Waals surface area contributed by atoms with Crippen molar-refractivity contribution in [2.24, 2.45) is 14.1 Å². The highest BCUT2D eigenvalue weighted by Crippen LogP contribution is 2.39. The Balaban J connectivity index is 2.67. The molecule has 0 atom stereocenters. The van der Waals surface area contributed by atoms with Crippen molar-refractivity contribution in [3.63, 3.8) is 0 Å². The zero-order valence-corrected chi connectivity index (χ0v) is 18.3. The lowest BCUT2D eigenvalue weighted by molar-refractivity contribution is 0.102. The number of aromatic hydroxyl groups is 1. The average Bonchev–Trinajstić information content (AvgIpc) is 2.60. The van der Waals surface area contributed by atoms with Gasteiger partial charge in [-0.3, -0.25) is 18.7 Å². The molecule has 1 amide bonds. The van der Waals surface area contributed by atoms with Crippen LogP contribution in [-0.2, 0) is 24.9 Å². The highest BCUT2D eigenvalue weighted by Gasteiger charge is 2.28. The molecule has 29 heavy (non-hydrogen) atoms. The third-order valence-electron chi connectivity index (χ3n) is 4.94. The second kappa shape index (κ2) is 7.09. The van der Waals surface area contributed by atoms with E-state index in [0.717, 1.165) is 9.13 Å². The maximum atomic E-state index is 13.0.